The van der Waals surface area contributed by atoms with Crippen molar-refractivity contribution in [1.29, 1.82) is 0 Å². The summed E-state index contributed by atoms with van der Waals surface area (Å²) in [6, 6.07) is 4.19. The number of hydrogen-bond donors (Lipinski definition) is 1. The number of nitrogens with zero attached hydrogens (tertiary/aromatic N) is 2. The average Bonchev–Trinajstić information content (AvgIpc) is 2.70. The molecule has 15 heavy (non-hydrogen) atoms. The van der Waals surface area contributed by atoms with E-state index in [9.17, 15) is 9.18 Å². The number of thiazole rings is 1. The van der Waals surface area contributed by atoms with E-state index in [1.165, 1.54) is 29.5 Å². The summed E-state index contributed by atoms with van der Waals surface area (Å²) in [5.74, 6) is -0.853. The van der Waals surface area contributed by atoms with Crippen molar-refractivity contribution in [3.63, 3.8) is 0 Å². The van der Waals surface area contributed by atoms with E-state index in [-0.39, 0.29) is 5.82 Å². The molecule has 1 amide bonds. The van der Waals surface area contributed by atoms with Crippen LogP contribution in [0.15, 0.2) is 29.1 Å². The van der Waals surface area contributed by atoms with Crippen molar-refractivity contribution in [2.75, 3.05) is 5.32 Å². The smallest absolute Gasteiger partial charge is 0.276 e. The Labute approximate surface area is 88.8 Å². The zero-order chi connectivity index (χ0) is 10.7. The molecule has 2 aromatic rings. The number of aromatic nitrogens is 2. The number of carbonyl (C=O) groups excluding carboxylic acids is 1. The van der Waals surface area contributed by atoms with Crippen molar-refractivity contribution in [2.24, 2.45) is 0 Å². The first-order valence-corrected chi connectivity index (χ1v) is 5.02. The lowest BCUT2D eigenvalue weighted by Crippen LogP contribution is -2.13. The molecule has 0 bridgehead atoms. The maximum absolute atomic E-state index is 12.7. The van der Waals surface area contributed by atoms with Crippen LogP contribution in [0.2, 0.25) is 0 Å². The van der Waals surface area contributed by atoms with Gasteiger partial charge in [0.05, 0.1) is 5.51 Å². The van der Waals surface area contributed by atoms with E-state index >= 15 is 0 Å². The normalized spacial score (nSPS) is 9.93. The van der Waals surface area contributed by atoms with E-state index in [2.05, 4.69) is 15.3 Å². The van der Waals surface area contributed by atoms with Crippen LogP contribution in [0.5, 0.6) is 0 Å². The largest absolute Gasteiger partial charge is 0.305 e. The van der Waals surface area contributed by atoms with E-state index in [0.717, 1.165) is 0 Å². The Bertz CT molecular complexity index is 472. The molecule has 0 atom stereocenters. The first-order chi connectivity index (χ1) is 7.25. The first-order valence-electron chi connectivity index (χ1n) is 4.08. The fourth-order valence-corrected chi connectivity index (χ4v) is 1.51. The monoisotopic (exact) mass is 223 g/mol. The van der Waals surface area contributed by atoms with Crippen LogP contribution in [0.1, 0.15) is 10.5 Å². The van der Waals surface area contributed by atoms with Gasteiger partial charge >= 0.3 is 0 Å². The Morgan fingerprint density at radius 3 is 3.00 bits per heavy atom. The number of halogens is 1. The van der Waals surface area contributed by atoms with Crippen LogP contribution >= 0.6 is 11.3 Å². The maximum atomic E-state index is 12.7. The van der Waals surface area contributed by atoms with Crippen molar-refractivity contribution >= 4 is 23.1 Å². The molecule has 2 rings (SSSR count). The third kappa shape index (κ3) is 2.35. The summed E-state index contributed by atoms with van der Waals surface area (Å²) in [4.78, 5) is 18.8. The number of carbonyl (C=O) groups is 1. The van der Waals surface area contributed by atoms with Crippen LogP contribution in [0.25, 0.3) is 0 Å². The lowest BCUT2D eigenvalue weighted by molar-refractivity contribution is 0.102. The lowest BCUT2D eigenvalue weighted by Gasteiger charge is -2.00. The Morgan fingerprint density at radius 1 is 1.47 bits per heavy atom. The van der Waals surface area contributed by atoms with E-state index in [1.54, 1.807) is 10.9 Å². The molecule has 76 valence electrons. The third-order valence-electron chi connectivity index (χ3n) is 1.62. The lowest BCUT2D eigenvalue weighted by atomic mass is 10.4. The molecule has 0 radical (unpaired) electrons. The molecule has 0 aliphatic heterocycles. The molecule has 0 aliphatic carbocycles. The maximum Gasteiger partial charge on any atom is 0.276 e. The van der Waals surface area contributed by atoms with Gasteiger partial charge in [-0.25, -0.2) is 9.97 Å². The Balaban J connectivity index is 2.13. The second-order valence-corrected chi connectivity index (χ2v) is 3.39. The Kier molecular flexibility index (Phi) is 2.68. The molecule has 6 heteroatoms. The molecule has 2 aromatic heterocycles. The molecule has 4 nitrogen and oxygen atoms in total. The standard InChI is InChI=1S/C9H6FN3OS/c10-7-2-1-3-8(12-7)13-9(14)6-4-15-5-11-6/h1-5H,(H,12,13,14). The van der Waals surface area contributed by atoms with Crippen LogP contribution in [-0.2, 0) is 0 Å². The predicted octanol–water partition coefficient (Wildman–Crippen LogP) is 1.93. The van der Waals surface area contributed by atoms with Gasteiger partial charge in [0.1, 0.15) is 11.5 Å². The van der Waals surface area contributed by atoms with Crippen LogP contribution < -0.4 is 5.32 Å². The van der Waals surface area contributed by atoms with Gasteiger partial charge in [-0.05, 0) is 12.1 Å². The van der Waals surface area contributed by atoms with Crippen molar-refractivity contribution in [3.05, 3.63) is 40.7 Å². The van der Waals surface area contributed by atoms with Gasteiger partial charge in [0.25, 0.3) is 5.91 Å². The summed E-state index contributed by atoms with van der Waals surface area (Å²) in [5, 5.41) is 4.05. The summed E-state index contributed by atoms with van der Waals surface area (Å²) in [7, 11) is 0. The second-order valence-electron chi connectivity index (χ2n) is 2.67. The van der Waals surface area contributed by atoms with Crippen molar-refractivity contribution in [2.45, 2.75) is 0 Å². The first kappa shape index (κ1) is 9.72. The number of rotatable bonds is 2. The van der Waals surface area contributed by atoms with Crippen molar-refractivity contribution < 1.29 is 9.18 Å². The average molecular weight is 223 g/mol. The molecule has 0 fully saturated rings. The summed E-state index contributed by atoms with van der Waals surface area (Å²) in [6.07, 6.45) is 0. The molecule has 0 aromatic carbocycles. The van der Waals surface area contributed by atoms with Gasteiger partial charge in [-0.3, -0.25) is 4.79 Å². The fraction of sp³-hybridized carbons (Fsp3) is 0. The minimum atomic E-state index is -0.633. The van der Waals surface area contributed by atoms with Gasteiger partial charge in [-0.15, -0.1) is 11.3 Å². The van der Waals surface area contributed by atoms with Gasteiger partial charge in [0, 0.05) is 5.38 Å². The zero-order valence-corrected chi connectivity index (χ0v) is 8.29. The molecule has 2 heterocycles. The van der Waals surface area contributed by atoms with Crippen molar-refractivity contribution in [3.8, 4) is 0 Å². The molecule has 0 aliphatic rings. The summed E-state index contributed by atoms with van der Waals surface area (Å²) >= 11 is 1.32. The molecule has 0 unspecified atom stereocenters. The number of amides is 1. The number of anilines is 1. The summed E-state index contributed by atoms with van der Waals surface area (Å²) < 4.78 is 12.7. The number of hydrogen-bond acceptors (Lipinski definition) is 4. The van der Waals surface area contributed by atoms with Gasteiger partial charge in [-0.1, -0.05) is 6.07 Å². The topological polar surface area (TPSA) is 54.9 Å². The summed E-state index contributed by atoms with van der Waals surface area (Å²) in [5.41, 5.74) is 1.85. The third-order valence-corrected chi connectivity index (χ3v) is 2.21. The molecule has 0 saturated carbocycles. The van der Waals surface area contributed by atoms with E-state index in [0.29, 0.717) is 5.69 Å². The van der Waals surface area contributed by atoms with E-state index < -0.39 is 11.9 Å². The SMILES string of the molecule is O=C(Nc1cccc(F)n1)c1cscn1. The second kappa shape index (κ2) is 4.14. The highest BCUT2D eigenvalue weighted by Gasteiger charge is 2.08. The molecule has 1 N–H and O–H groups in total. The van der Waals surface area contributed by atoms with Crippen LogP contribution in [0, 0.1) is 5.95 Å². The molecule has 0 spiro atoms. The van der Waals surface area contributed by atoms with Gasteiger partial charge < -0.3 is 5.32 Å². The van der Waals surface area contributed by atoms with Gasteiger partial charge in [-0.2, -0.15) is 4.39 Å². The van der Waals surface area contributed by atoms with E-state index in [1.807, 2.05) is 0 Å². The Hall–Kier alpha value is -1.82. The van der Waals surface area contributed by atoms with Crippen LogP contribution in [-0.4, -0.2) is 15.9 Å². The highest BCUT2D eigenvalue weighted by molar-refractivity contribution is 7.07. The highest BCUT2D eigenvalue weighted by Crippen LogP contribution is 2.07. The number of nitrogens with one attached hydrogen (secondary N) is 1. The molecule has 0 saturated heterocycles. The molecular weight excluding hydrogens is 217 g/mol. The Morgan fingerprint density at radius 2 is 2.33 bits per heavy atom. The predicted molar refractivity (Wildman–Crippen MR) is 54.3 cm³/mol. The number of pyridine rings is 1. The van der Waals surface area contributed by atoms with Crippen LogP contribution in [0.3, 0.4) is 0 Å². The summed E-state index contributed by atoms with van der Waals surface area (Å²) in [6.45, 7) is 0. The molecular formula is C9H6FN3OS. The minimum absolute atomic E-state index is 0.174. The fourth-order valence-electron chi connectivity index (χ4n) is 0.983. The van der Waals surface area contributed by atoms with Gasteiger partial charge in [0.2, 0.25) is 5.95 Å². The quantitative estimate of drug-likeness (QED) is 0.791. The zero-order valence-electron chi connectivity index (χ0n) is 7.48. The highest BCUT2D eigenvalue weighted by atomic mass is 32.1. The van der Waals surface area contributed by atoms with E-state index in [4.69, 9.17) is 0 Å². The minimum Gasteiger partial charge on any atom is -0.305 e. The van der Waals surface area contributed by atoms with Crippen LogP contribution in [0.4, 0.5) is 10.2 Å². The van der Waals surface area contributed by atoms with Gasteiger partial charge in [0.15, 0.2) is 0 Å². The van der Waals surface area contributed by atoms with Crippen molar-refractivity contribution in [1.82, 2.24) is 9.97 Å².